The van der Waals surface area contributed by atoms with Gasteiger partial charge in [0.1, 0.15) is 5.75 Å². The zero-order valence-corrected chi connectivity index (χ0v) is 11.8. The number of benzene rings is 1. The van der Waals surface area contributed by atoms with Gasteiger partial charge >= 0.3 is 0 Å². The Bertz CT molecular complexity index is 445. The topological polar surface area (TPSA) is 50.4 Å². The van der Waals surface area contributed by atoms with Crippen LogP contribution in [0.25, 0.3) is 0 Å². The Morgan fingerprint density at radius 3 is 3.05 bits per heavy atom. The van der Waals surface area contributed by atoms with Gasteiger partial charge in [-0.3, -0.25) is 4.79 Å². The van der Waals surface area contributed by atoms with Crippen molar-refractivity contribution in [3.05, 3.63) is 23.2 Å². The summed E-state index contributed by atoms with van der Waals surface area (Å²) in [5.74, 6) is 0.649. The molecular formula is C14H19ClN2O2. The molecule has 4 nitrogen and oxygen atoms in total. The Morgan fingerprint density at radius 1 is 1.58 bits per heavy atom. The molecule has 0 radical (unpaired) electrons. The summed E-state index contributed by atoms with van der Waals surface area (Å²) < 4.78 is 5.49. The monoisotopic (exact) mass is 282 g/mol. The number of hydrogen-bond acceptors (Lipinski definition) is 3. The number of carbonyl (C=O) groups is 1. The lowest BCUT2D eigenvalue weighted by Crippen LogP contribution is -2.35. The minimum atomic E-state index is -0.0882. The second-order valence-corrected chi connectivity index (χ2v) is 5.04. The highest BCUT2D eigenvalue weighted by atomic mass is 35.5. The van der Waals surface area contributed by atoms with E-state index in [4.69, 9.17) is 16.3 Å². The van der Waals surface area contributed by atoms with Gasteiger partial charge in [-0.05, 0) is 44.0 Å². The van der Waals surface area contributed by atoms with Crippen molar-refractivity contribution in [1.29, 1.82) is 0 Å². The molecule has 0 aliphatic carbocycles. The van der Waals surface area contributed by atoms with Crippen LogP contribution in [0.5, 0.6) is 5.75 Å². The van der Waals surface area contributed by atoms with Crippen LogP contribution in [0.15, 0.2) is 18.2 Å². The first kappa shape index (κ1) is 14.2. The summed E-state index contributed by atoms with van der Waals surface area (Å²) in [6, 6.07) is 5.23. The van der Waals surface area contributed by atoms with Crippen molar-refractivity contribution in [3.63, 3.8) is 0 Å². The number of hydrogen-bond donors (Lipinski definition) is 2. The first-order valence-electron chi connectivity index (χ1n) is 6.67. The van der Waals surface area contributed by atoms with Crippen LogP contribution >= 0.6 is 11.6 Å². The molecule has 104 valence electrons. The molecule has 0 bridgehead atoms. The number of ether oxygens (including phenoxy) is 1. The minimum Gasteiger partial charge on any atom is -0.492 e. The Morgan fingerprint density at radius 2 is 2.42 bits per heavy atom. The average Bonchev–Trinajstić information content (AvgIpc) is 2.92. The molecule has 0 spiro atoms. The normalized spacial score (nSPS) is 18.3. The summed E-state index contributed by atoms with van der Waals surface area (Å²) in [4.78, 5) is 11.9. The maximum Gasteiger partial charge on any atom is 0.241 e. The van der Waals surface area contributed by atoms with Crippen molar-refractivity contribution in [2.24, 2.45) is 0 Å². The molecule has 1 aliphatic rings. The Balaban J connectivity index is 1.97. The fourth-order valence-corrected chi connectivity index (χ4v) is 2.28. The van der Waals surface area contributed by atoms with Crippen LogP contribution in [0.4, 0.5) is 5.69 Å². The van der Waals surface area contributed by atoms with E-state index in [2.05, 4.69) is 10.6 Å². The Labute approximate surface area is 118 Å². The molecule has 1 saturated heterocycles. The van der Waals surface area contributed by atoms with Gasteiger partial charge in [0.2, 0.25) is 5.91 Å². The van der Waals surface area contributed by atoms with E-state index in [0.29, 0.717) is 23.1 Å². The molecule has 2 N–H and O–H groups in total. The molecule has 1 aromatic carbocycles. The number of nitrogens with one attached hydrogen (secondary N) is 2. The van der Waals surface area contributed by atoms with Crippen LogP contribution in [0, 0.1) is 0 Å². The first-order valence-corrected chi connectivity index (χ1v) is 7.05. The lowest BCUT2D eigenvalue weighted by Gasteiger charge is -2.12. The summed E-state index contributed by atoms with van der Waals surface area (Å²) >= 11 is 6.12. The van der Waals surface area contributed by atoms with E-state index < -0.39 is 0 Å². The maximum absolute atomic E-state index is 11.9. The predicted octanol–water partition coefficient (Wildman–Crippen LogP) is 2.82. The van der Waals surface area contributed by atoms with E-state index in [9.17, 15) is 4.79 Å². The van der Waals surface area contributed by atoms with Crippen molar-refractivity contribution in [3.8, 4) is 5.75 Å². The van der Waals surface area contributed by atoms with Crippen LogP contribution in [0.3, 0.4) is 0 Å². The SMILES string of the molecule is CCCOc1ccc(NC(=O)[C@@H]2CCCN2)cc1Cl. The van der Waals surface area contributed by atoms with Crippen LogP contribution < -0.4 is 15.4 Å². The van der Waals surface area contributed by atoms with Gasteiger partial charge in [-0.25, -0.2) is 0 Å². The molecule has 5 heteroatoms. The van der Waals surface area contributed by atoms with Crippen LogP contribution in [-0.2, 0) is 4.79 Å². The van der Waals surface area contributed by atoms with Crippen LogP contribution in [0.1, 0.15) is 26.2 Å². The fraction of sp³-hybridized carbons (Fsp3) is 0.500. The molecule has 2 rings (SSSR count). The van der Waals surface area contributed by atoms with E-state index in [-0.39, 0.29) is 11.9 Å². The van der Waals surface area contributed by atoms with Gasteiger partial charge in [0, 0.05) is 5.69 Å². The highest BCUT2D eigenvalue weighted by molar-refractivity contribution is 6.32. The first-order chi connectivity index (χ1) is 9.20. The summed E-state index contributed by atoms with van der Waals surface area (Å²) in [7, 11) is 0. The Kier molecular flexibility index (Phi) is 5.05. The van der Waals surface area contributed by atoms with Crippen molar-refractivity contribution >= 4 is 23.2 Å². The summed E-state index contributed by atoms with van der Waals surface area (Å²) in [5.41, 5.74) is 0.701. The third-order valence-electron chi connectivity index (χ3n) is 3.04. The molecule has 1 atom stereocenters. The third-order valence-corrected chi connectivity index (χ3v) is 3.33. The quantitative estimate of drug-likeness (QED) is 0.873. The number of rotatable bonds is 5. The average molecular weight is 283 g/mol. The van der Waals surface area contributed by atoms with E-state index >= 15 is 0 Å². The molecule has 1 aliphatic heterocycles. The predicted molar refractivity (Wildman–Crippen MR) is 76.9 cm³/mol. The van der Waals surface area contributed by atoms with E-state index in [0.717, 1.165) is 25.8 Å². The van der Waals surface area contributed by atoms with E-state index in [1.165, 1.54) is 0 Å². The van der Waals surface area contributed by atoms with Gasteiger partial charge in [-0.2, -0.15) is 0 Å². The smallest absolute Gasteiger partial charge is 0.241 e. The second-order valence-electron chi connectivity index (χ2n) is 4.63. The van der Waals surface area contributed by atoms with Gasteiger partial charge in [-0.1, -0.05) is 18.5 Å². The third kappa shape index (κ3) is 3.85. The number of halogens is 1. The molecule has 1 amide bonds. The number of anilines is 1. The molecule has 19 heavy (non-hydrogen) atoms. The van der Waals surface area contributed by atoms with Crippen LogP contribution in [-0.4, -0.2) is 25.1 Å². The molecular weight excluding hydrogens is 264 g/mol. The molecule has 0 unspecified atom stereocenters. The summed E-state index contributed by atoms with van der Waals surface area (Å²) in [6.07, 6.45) is 2.86. The summed E-state index contributed by atoms with van der Waals surface area (Å²) in [6.45, 7) is 3.58. The zero-order valence-electron chi connectivity index (χ0n) is 11.0. The molecule has 0 saturated carbocycles. The second kappa shape index (κ2) is 6.78. The number of amides is 1. The lowest BCUT2D eigenvalue weighted by molar-refractivity contribution is -0.117. The maximum atomic E-state index is 11.9. The number of carbonyl (C=O) groups excluding carboxylic acids is 1. The zero-order chi connectivity index (χ0) is 13.7. The van der Waals surface area contributed by atoms with Gasteiger partial charge in [0.05, 0.1) is 17.7 Å². The van der Waals surface area contributed by atoms with E-state index in [1.807, 2.05) is 13.0 Å². The van der Waals surface area contributed by atoms with Gasteiger partial charge in [-0.15, -0.1) is 0 Å². The largest absolute Gasteiger partial charge is 0.492 e. The highest BCUT2D eigenvalue weighted by Gasteiger charge is 2.21. The molecule has 1 heterocycles. The van der Waals surface area contributed by atoms with E-state index in [1.54, 1.807) is 12.1 Å². The van der Waals surface area contributed by atoms with Gasteiger partial charge in [0.15, 0.2) is 0 Å². The van der Waals surface area contributed by atoms with Crippen molar-refractivity contribution < 1.29 is 9.53 Å². The lowest BCUT2D eigenvalue weighted by atomic mass is 10.2. The summed E-state index contributed by atoms with van der Waals surface area (Å²) in [5, 5.41) is 6.55. The molecule has 0 aromatic heterocycles. The van der Waals surface area contributed by atoms with Crippen molar-refractivity contribution in [1.82, 2.24) is 5.32 Å². The van der Waals surface area contributed by atoms with Crippen LogP contribution in [0.2, 0.25) is 5.02 Å². The van der Waals surface area contributed by atoms with Crippen molar-refractivity contribution in [2.45, 2.75) is 32.2 Å². The fourth-order valence-electron chi connectivity index (χ4n) is 2.05. The van der Waals surface area contributed by atoms with Crippen molar-refractivity contribution in [2.75, 3.05) is 18.5 Å². The highest BCUT2D eigenvalue weighted by Crippen LogP contribution is 2.28. The van der Waals surface area contributed by atoms with Gasteiger partial charge < -0.3 is 15.4 Å². The minimum absolute atomic E-state index is 0.00390. The van der Waals surface area contributed by atoms with Gasteiger partial charge in [0.25, 0.3) is 0 Å². The molecule has 1 aromatic rings. The molecule has 1 fully saturated rings. The standard InChI is InChI=1S/C14H19ClN2O2/c1-2-8-19-13-6-5-10(9-11(13)15)17-14(18)12-4-3-7-16-12/h5-6,9,12,16H,2-4,7-8H2,1H3,(H,17,18)/t12-/m0/s1. The Hall–Kier alpha value is -1.26.